The Hall–Kier alpha value is -1.75. The average molecular weight is 258 g/mol. The van der Waals surface area contributed by atoms with E-state index in [1.54, 1.807) is 0 Å². The largest absolute Gasteiger partial charge is 0.339 e. The zero-order valence-corrected chi connectivity index (χ0v) is 11.1. The van der Waals surface area contributed by atoms with Crippen LogP contribution in [0.5, 0.6) is 0 Å². The van der Waals surface area contributed by atoms with E-state index < -0.39 is 0 Å². The van der Waals surface area contributed by atoms with Crippen molar-refractivity contribution in [2.75, 3.05) is 13.1 Å². The molecule has 19 heavy (non-hydrogen) atoms. The van der Waals surface area contributed by atoms with Crippen LogP contribution < -0.4 is 5.32 Å². The van der Waals surface area contributed by atoms with Gasteiger partial charge in [-0.1, -0.05) is 11.2 Å². The van der Waals surface area contributed by atoms with E-state index in [0.717, 1.165) is 30.9 Å². The van der Waals surface area contributed by atoms with Crippen molar-refractivity contribution in [1.82, 2.24) is 20.4 Å². The van der Waals surface area contributed by atoms with Gasteiger partial charge in [0, 0.05) is 12.1 Å². The monoisotopic (exact) mass is 258 g/mol. The fraction of sp³-hybridized carbons (Fsp3) is 0.500. The first-order valence-electron chi connectivity index (χ1n) is 6.78. The number of nitrogens with zero attached hydrogens (tertiary/aromatic N) is 3. The molecule has 5 heteroatoms. The summed E-state index contributed by atoms with van der Waals surface area (Å²) in [5.41, 5.74) is 1.73. The highest BCUT2D eigenvalue weighted by Crippen LogP contribution is 2.18. The minimum Gasteiger partial charge on any atom is -0.339 e. The molecule has 5 nitrogen and oxygen atoms in total. The number of nitrogens with one attached hydrogen (secondary N) is 1. The highest BCUT2D eigenvalue weighted by atomic mass is 16.5. The van der Waals surface area contributed by atoms with Crippen LogP contribution in [-0.2, 0) is 6.42 Å². The van der Waals surface area contributed by atoms with Gasteiger partial charge in [-0.3, -0.25) is 0 Å². The highest BCUT2D eigenvalue weighted by molar-refractivity contribution is 5.47. The molecule has 1 aliphatic rings. The van der Waals surface area contributed by atoms with Gasteiger partial charge in [-0.15, -0.1) is 0 Å². The maximum atomic E-state index is 5.33. The van der Waals surface area contributed by atoms with Gasteiger partial charge in [-0.25, -0.2) is 4.98 Å². The molecule has 0 spiro atoms. The predicted octanol–water partition coefficient (Wildman–Crippen LogP) is 1.98. The summed E-state index contributed by atoms with van der Waals surface area (Å²) in [5.74, 6) is 1.90. The summed E-state index contributed by atoms with van der Waals surface area (Å²) in [5, 5.41) is 7.42. The van der Waals surface area contributed by atoms with Crippen molar-refractivity contribution in [3.8, 4) is 11.5 Å². The summed E-state index contributed by atoms with van der Waals surface area (Å²) in [4.78, 5) is 8.85. The molecule has 1 fully saturated rings. The topological polar surface area (TPSA) is 63.8 Å². The molecule has 3 rings (SSSR count). The lowest BCUT2D eigenvalue weighted by Crippen LogP contribution is -2.30. The van der Waals surface area contributed by atoms with Gasteiger partial charge in [0.05, 0.1) is 0 Å². The second-order valence-corrected chi connectivity index (χ2v) is 5.09. The number of hydrogen-bond donors (Lipinski definition) is 1. The van der Waals surface area contributed by atoms with Crippen molar-refractivity contribution in [1.29, 1.82) is 0 Å². The average Bonchev–Trinajstić information content (AvgIpc) is 2.88. The lowest BCUT2D eigenvalue weighted by Gasteiger charge is -2.20. The Labute approximate surface area is 112 Å². The summed E-state index contributed by atoms with van der Waals surface area (Å²) >= 11 is 0. The Morgan fingerprint density at radius 1 is 1.37 bits per heavy atom. The van der Waals surface area contributed by atoms with Crippen LogP contribution in [0.1, 0.15) is 24.4 Å². The van der Waals surface area contributed by atoms with Crippen LogP contribution in [0.15, 0.2) is 22.7 Å². The third-order valence-electron chi connectivity index (χ3n) is 3.45. The summed E-state index contributed by atoms with van der Waals surface area (Å²) in [6, 6.07) is 5.82. The Morgan fingerprint density at radius 3 is 3.11 bits per heavy atom. The second-order valence-electron chi connectivity index (χ2n) is 5.09. The molecule has 3 heterocycles. The summed E-state index contributed by atoms with van der Waals surface area (Å²) < 4.78 is 5.33. The Balaban J connectivity index is 1.72. The zero-order chi connectivity index (χ0) is 13.1. The van der Waals surface area contributed by atoms with Crippen molar-refractivity contribution < 1.29 is 4.52 Å². The molecule has 0 bridgehead atoms. The Kier molecular flexibility index (Phi) is 3.55. The minimum absolute atomic E-state index is 0.586. The standard InChI is InChI=1S/C14H18N4O/c1-10-4-2-6-12(16-10)14-17-13(19-18-14)8-11-5-3-7-15-9-11/h2,4,6,11,15H,3,5,7-9H2,1H3. The maximum absolute atomic E-state index is 5.33. The number of pyridine rings is 1. The van der Waals surface area contributed by atoms with Gasteiger partial charge in [0.15, 0.2) is 0 Å². The Bertz CT molecular complexity index is 546. The van der Waals surface area contributed by atoms with Crippen LogP contribution in [-0.4, -0.2) is 28.2 Å². The van der Waals surface area contributed by atoms with Gasteiger partial charge < -0.3 is 9.84 Å². The quantitative estimate of drug-likeness (QED) is 0.912. The fourth-order valence-corrected chi connectivity index (χ4v) is 2.45. The molecule has 0 aliphatic carbocycles. The minimum atomic E-state index is 0.586. The summed E-state index contributed by atoms with van der Waals surface area (Å²) in [7, 11) is 0. The van der Waals surface area contributed by atoms with Crippen molar-refractivity contribution in [2.45, 2.75) is 26.2 Å². The number of piperidine rings is 1. The van der Waals surface area contributed by atoms with Gasteiger partial charge in [0.1, 0.15) is 5.69 Å². The van der Waals surface area contributed by atoms with Crippen LogP contribution in [0.4, 0.5) is 0 Å². The zero-order valence-electron chi connectivity index (χ0n) is 11.1. The molecule has 1 unspecified atom stereocenters. The van der Waals surface area contributed by atoms with Crippen LogP contribution in [0.3, 0.4) is 0 Å². The van der Waals surface area contributed by atoms with Crippen molar-refractivity contribution >= 4 is 0 Å². The number of hydrogen-bond acceptors (Lipinski definition) is 5. The van der Waals surface area contributed by atoms with Gasteiger partial charge in [0.25, 0.3) is 0 Å². The SMILES string of the molecule is Cc1cccc(-c2noc(CC3CCCNC3)n2)n1. The normalized spacial score (nSPS) is 19.5. The molecule has 1 N–H and O–H groups in total. The third-order valence-corrected chi connectivity index (χ3v) is 3.45. The molecule has 1 aliphatic heterocycles. The smallest absolute Gasteiger partial charge is 0.227 e. The van der Waals surface area contributed by atoms with Gasteiger partial charge >= 0.3 is 0 Å². The molecule has 0 amide bonds. The van der Waals surface area contributed by atoms with E-state index in [4.69, 9.17) is 4.52 Å². The number of aromatic nitrogens is 3. The second kappa shape index (κ2) is 5.48. The van der Waals surface area contributed by atoms with E-state index in [2.05, 4.69) is 20.4 Å². The van der Waals surface area contributed by atoms with Gasteiger partial charge in [-0.2, -0.15) is 4.98 Å². The number of aryl methyl sites for hydroxylation is 1. The molecule has 100 valence electrons. The van der Waals surface area contributed by atoms with E-state index in [1.165, 1.54) is 12.8 Å². The molecular formula is C14H18N4O. The van der Waals surface area contributed by atoms with Crippen LogP contribution in [0.2, 0.25) is 0 Å². The van der Waals surface area contributed by atoms with E-state index in [0.29, 0.717) is 17.6 Å². The fourth-order valence-electron chi connectivity index (χ4n) is 2.45. The van der Waals surface area contributed by atoms with Gasteiger partial charge in [-0.05, 0) is 50.9 Å². The first-order chi connectivity index (χ1) is 9.31. The van der Waals surface area contributed by atoms with E-state index in [-0.39, 0.29) is 0 Å². The highest BCUT2D eigenvalue weighted by Gasteiger charge is 2.18. The molecule has 1 saturated heterocycles. The van der Waals surface area contributed by atoms with Crippen molar-refractivity contribution in [2.24, 2.45) is 5.92 Å². The molecule has 2 aromatic rings. The van der Waals surface area contributed by atoms with Crippen LogP contribution in [0.25, 0.3) is 11.5 Å². The van der Waals surface area contributed by atoms with Crippen LogP contribution >= 0.6 is 0 Å². The first kappa shape index (κ1) is 12.3. The first-order valence-corrected chi connectivity index (χ1v) is 6.78. The lowest BCUT2D eigenvalue weighted by molar-refractivity contribution is 0.316. The molecular weight excluding hydrogens is 240 g/mol. The predicted molar refractivity (Wildman–Crippen MR) is 71.6 cm³/mol. The van der Waals surface area contributed by atoms with Gasteiger partial charge in [0.2, 0.25) is 11.7 Å². The van der Waals surface area contributed by atoms with E-state index in [1.807, 2.05) is 25.1 Å². The van der Waals surface area contributed by atoms with E-state index in [9.17, 15) is 0 Å². The molecule has 0 radical (unpaired) electrons. The van der Waals surface area contributed by atoms with Crippen LogP contribution in [0, 0.1) is 12.8 Å². The summed E-state index contributed by atoms with van der Waals surface area (Å²) in [6.45, 7) is 4.12. The van der Waals surface area contributed by atoms with E-state index >= 15 is 0 Å². The molecule has 1 atom stereocenters. The van der Waals surface area contributed by atoms with Crippen molar-refractivity contribution in [3.05, 3.63) is 29.8 Å². The maximum Gasteiger partial charge on any atom is 0.227 e. The lowest BCUT2D eigenvalue weighted by atomic mass is 9.96. The molecule has 0 aromatic carbocycles. The molecule has 2 aromatic heterocycles. The third kappa shape index (κ3) is 2.98. The molecule has 0 saturated carbocycles. The number of rotatable bonds is 3. The Morgan fingerprint density at radius 2 is 2.32 bits per heavy atom. The summed E-state index contributed by atoms with van der Waals surface area (Å²) in [6.07, 6.45) is 3.31. The van der Waals surface area contributed by atoms with Crippen molar-refractivity contribution in [3.63, 3.8) is 0 Å².